The first-order valence-corrected chi connectivity index (χ1v) is 12.5. The molecule has 2 rings (SSSR count). The van der Waals surface area contributed by atoms with Gasteiger partial charge in [0.25, 0.3) is 0 Å². The second kappa shape index (κ2) is 12.1. The number of hydrogen-bond donors (Lipinski definition) is 0. The number of hydrogen-bond acceptors (Lipinski definition) is 2. The Bertz CT molecular complexity index is 797. The molecule has 6 heteroatoms. The zero-order chi connectivity index (χ0) is 20.7. The number of aryl methyl sites for hydroxylation is 1. The molecule has 0 aliphatic heterocycles. The Labute approximate surface area is 205 Å². The van der Waals surface area contributed by atoms with Crippen molar-refractivity contribution in [2.75, 3.05) is 13.2 Å². The van der Waals surface area contributed by atoms with Gasteiger partial charge in [0.05, 0.1) is 20.4 Å². The Kier molecular flexibility index (Phi) is 10.5. The van der Waals surface area contributed by atoms with Crippen LogP contribution in [0.25, 0.3) is 0 Å². The van der Waals surface area contributed by atoms with Gasteiger partial charge >= 0.3 is 0 Å². The highest BCUT2D eigenvalue weighted by atomic mass is 127. The standard InChI is InChI=1S/C22H26Cl2I2O2/c1-4-7-15-10-16(23)12-19(25)21(15)27-8-6-9-28-22-18(14(3)5-2)11-17(24)13-20(22)26/h10-14H,4-9H2,1-3H3. The summed E-state index contributed by atoms with van der Waals surface area (Å²) in [6, 6.07) is 7.93. The van der Waals surface area contributed by atoms with E-state index in [0.29, 0.717) is 19.1 Å². The fourth-order valence-corrected chi connectivity index (χ4v) is 5.43. The molecular formula is C22H26Cl2I2O2. The lowest BCUT2D eigenvalue weighted by Gasteiger charge is -2.18. The molecular weight excluding hydrogens is 621 g/mol. The Hall–Kier alpha value is 0.0800. The largest absolute Gasteiger partial charge is 0.492 e. The van der Waals surface area contributed by atoms with E-state index in [1.807, 2.05) is 24.3 Å². The number of ether oxygens (including phenoxy) is 2. The van der Waals surface area contributed by atoms with Crippen molar-refractivity contribution in [3.8, 4) is 11.5 Å². The molecule has 0 N–H and O–H groups in total. The fraction of sp³-hybridized carbons (Fsp3) is 0.455. The van der Waals surface area contributed by atoms with Crippen molar-refractivity contribution >= 4 is 68.4 Å². The molecule has 0 aromatic heterocycles. The second-order valence-electron chi connectivity index (χ2n) is 6.79. The maximum absolute atomic E-state index is 6.25. The molecule has 0 spiro atoms. The van der Waals surface area contributed by atoms with Crippen molar-refractivity contribution in [1.82, 2.24) is 0 Å². The van der Waals surface area contributed by atoms with E-state index >= 15 is 0 Å². The molecule has 0 radical (unpaired) electrons. The lowest BCUT2D eigenvalue weighted by molar-refractivity contribution is 0.242. The average Bonchev–Trinajstić information content (AvgIpc) is 2.63. The van der Waals surface area contributed by atoms with Crippen LogP contribution in [0.2, 0.25) is 10.0 Å². The summed E-state index contributed by atoms with van der Waals surface area (Å²) in [6.45, 7) is 7.76. The number of halogens is 4. The third kappa shape index (κ3) is 6.81. The predicted octanol–water partition coefficient (Wildman–Crippen LogP) is 8.52. The molecule has 2 nitrogen and oxygen atoms in total. The Morgan fingerprint density at radius 3 is 2.07 bits per heavy atom. The normalized spacial score (nSPS) is 12.1. The van der Waals surface area contributed by atoms with Gasteiger partial charge in [0, 0.05) is 16.5 Å². The van der Waals surface area contributed by atoms with Crippen molar-refractivity contribution in [1.29, 1.82) is 0 Å². The summed E-state index contributed by atoms with van der Waals surface area (Å²) < 4.78 is 14.3. The van der Waals surface area contributed by atoms with Crippen LogP contribution in [-0.2, 0) is 6.42 Å². The van der Waals surface area contributed by atoms with E-state index in [4.69, 9.17) is 32.7 Å². The molecule has 0 amide bonds. The molecule has 1 unspecified atom stereocenters. The summed E-state index contributed by atoms with van der Waals surface area (Å²) in [5.41, 5.74) is 2.35. The molecule has 2 aromatic rings. The van der Waals surface area contributed by atoms with Crippen LogP contribution >= 0.6 is 68.4 Å². The van der Waals surface area contributed by atoms with Gasteiger partial charge < -0.3 is 9.47 Å². The van der Waals surface area contributed by atoms with Gasteiger partial charge in [-0.3, -0.25) is 0 Å². The van der Waals surface area contributed by atoms with Gasteiger partial charge in [0.2, 0.25) is 0 Å². The van der Waals surface area contributed by atoms with Crippen molar-refractivity contribution in [2.45, 2.75) is 52.4 Å². The molecule has 0 fully saturated rings. The first-order chi connectivity index (χ1) is 13.4. The van der Waals surface area contributed by atoms with Crippen LogP contribution in [0, 0.1) is 7.14 Å². The molecule has 0 aliphatic rings. The maximum atomic E-state index is 6.25. The molecule has 28 heavy (non-hydrogen) atoms. The van der Waals surface area contributed by atoms with Crippen molar-refractivity contribution < 1.29 is 9.47 Å². The SMILES string of the molecule is CCCc1cc(Cl)cc(I)c1OCCCOc1c(I)cc(Cl)cc1C(C)CC. The molecule has 2 aromatic carbocycles. The van der Waals surface area contributed by atoms with Gasteiger partial charge in [-0.2, -0.15) is 0 Å². The number of benzene rings is 2. The zero-order valence-electron chi connectivity index (χ0n) is 16.5. The third-order valence-corrected chi connectivity index (χ3v) is 6.61. The summed E-state index contributed by atoms with van der Waals surface area (Å²) >= 11 is 17.0. The predicted molar refractivity (Wildman–Crippen MR) is 137 cm³/mol. The van der Waals surface area contributed by atoms with Gasteiger partial charge in [0.1, 0.15) is 11.5 Å². The molecule has 0 saturated heterocycles. The minimum Gasteiger partial charge on any atom is -0.492 e. The smallest absolute Gasteiger partial charge is 0.136 e. The first-order valence-electron chi connectivity index (χ1n) is 9.59. The highest BCUT2D eigenvalue weighted by molar-refractivity contribution is 14.1. The summed E-state index contributed by atoms with van der Waals surface area (Å²) in [7, 11) is 0. The minimum absolute atomic E-state index is 0.408. The van der Waals surface area contributed by atoms with E-state index in [2.05, 4.69) is 66.0 Å². The van der Waals surface area contributed by atoms with E-state index < -0.39 is 0 Å². The molecule has 0 saturated carbocycles. The van der Waals surface area contributed by atoms with Crippen LogP contribution in [0.4, 0.5) is 0 Å². The van der Waals surface area contributed by atoms with Crippen LogP contribution in [0.5, 0.6) is 11.5 Å². The van der Waals surface area contributed by atoms with Crippen molar-refractivity contribution in [2.24, 2.45) is 0 Å². The Morgan fingerprint density at radius 1 is 0.893 bits per heavy atom. The molecule has 0 bridgehead atoms. The summed E-state index contributed by atoms with van der Waals surface area (Å²) in [5.74, 6) is 2.31. The van der Waals surface area contributed by atoms with Gasteiger partial charge in [-0.25, -0.2) is 0 Å². The van der Waals surface area contributed by atoms with Gasteiger partial charge in [-0.1, -0.05) is 50.4 Å². The molecule has 1 atom stereocenters. The topological polar surface area (TPSA) is 18.5 Å². The van der Waals surface area contributed by atoms with Crippen molar-refractivity contribution in [3.05, 3.63) is 52.6 Å². The van der Waals surface area contributed by atoms with E-state index in [0.717, 1.165) is 54.4 Å². The zero-order valence-corrected chi connectivity index (χ0v) is 22.3. The van der Waals surface area contributed by atoms with Gasteiger partial charge in [-0.05, 0) is 99.3 Å². The lowest BCUT2D eigenvalue weighted by Crippen LogP contribution is -2.09. The lowest BCUT2D eigenvalue weighted by atomic mass is 9.98. The summed E-state index contributed by atoms with van der Waals surface area (Å²) in [4.78, 5) is 0. The van der Waals surface area contributed by atoms with Crippen LogP contribution < -0.4 is 9.47 Å². The number of rotatable bonds is 10. The van der Waals surface area contributed by atoms with E-state index in [-0.39, 0.29) is 0 Å². The summed E-state index contributed by atoms with van der Waals surface area (Å²) in [5, 5.41) is 1.52. The third-order valence-electron chi connectivity index (χ3n) is 4.57. The minimum atomic E-state index is 0.408. The maximum Gasteiger partial charge on any atom is 0.136 e. The van der Waals surface area contributed by atoms with Crippen LogP contribution in [0.15, 0.2) is 24.3 Å². The highest BCUT2D eigenvalue weighted by Gasteiger charge is 2.15. The molecule has 0 heterocycles. The molecule has 0 aliphatic carbocycles. The highest BCUT2D eigenvalue weighted by Crippen LogP contribution is 2.36. The quantitative estimate of drug-likeness (QED) is 0.190. The van der Waals surface area contributed by atoms with Crippen molar-refractivity contribution in [3.63, 3.8) is 0 Å². The Morgan fingerprint density at radius 2 is 1.46 bits per heavy atom. The van der Waals surface area contributed by atoms with Gasteiger partial charge in [-0.15, -0.1) is 0 Å². The monoisotopic (exact) mass is 646 g/mol. The van der Waals surface area contributed by atoms with Gasteiger partial charge in [0.15, 0.2) is 0 Å². The van der Waals surface area contributed by atoms with Crippen LogP contribution in [0.1, 0.15) is 57.1 Å². The first kappa shape index (κ1) is 24.4. The van der Waals surface area contributed by atoms with E-state index in [9.17, 15) is 0 Å². The average molecular weight is 647 g/mol. The second-order valence-corrected chi connectivity index (χ2v) is 9.99. The Balaban J connectivity index is 1.98. The molecule has 154 valence electrons. The van der Waals surface area contributed by atoms with Crippen LogP contribution in [-0.4, -0.2) is 13.2 Å². The van der Waals surface area contributed by atoms with E-state index in [1.165, 1.54) is 11.1 Å². The summed E-state index contributed by atoms with van der Waals surface area (Å²) in [6.07, 6.45) is 3.88. The van der Waals surface area contributed by atoms with E-state index in [1.54, 1.807) is 0 Å². The van der Waals surface area contributed by atoms with Crippen LogP contribution in [0.3, 0.4) is 0 Å². The fourth-order valence-electron chi connectivity index (χ4n) is 2.96.